The summed E-state index contributed by atoms with van der Waals surface area (Å²) in [6.45, 7) is 2.40. The first-order valence-corrected chi connectivity index (χ1v) is 4.52. The summed E-state index contributed by atoms with van der Waals surface area (Å²) in [4.78, 5) is 0. The maximum Gasteiger partial charge on any atom is 0.118 e. The van der Waals surface area contributed by atoms with Crippen LogP contribution < -0.4 is 10.1 Å². The van der Waals surface area contributed by atoms with Gasteiger partial charge in [0, 0.05) is 6.04 Å². The van der Waals surface area contributed by atoms with E-state index in [9.17, 15) is 0 Å². The van der Waals surface area contributed by atoms with E-state index in [-0.39, 0.29) is 6.04 Å². The minimum absolute atomic E-state index is 0.195. The molecule has 0 fully saturated rings. The fourth-order valence-electron chi connectivity index (χ4n) is 1.21. The lowest BCUT2D eigenvalue weighted by Crippen LogP contribution is -2.18. The lowest BCUT2D eigenvalue weighted by Gasteiger charge is -2.11. The van der Waals surface area contributed by atoms with E-state index in [4.69, 9.17) is 10.00 Å². The fraction of sp³-hybridized carbons (Fsp3) is 0.364. The lowest BCUT2D eigenvalue weighted by atomic mass is 10.1. The van der Waals surface area contributed by atoms with Gasteiger partial charge in [-0.15, -0.1) is 0 Å². The Morgan fingerprint density at radius 2 is 2.07 bits per heavy atom. The van der Waals surface area contributed by atoms with Crippen molar-refractivity contribution < 1.29 is 4.74 Å². The number of benzene rings is 1. The number of ether oxygens (including phenoxy) is 1. The summed E-state index contributed by atoms with van der Waals surface area (Å²) in [5.41, 5.74) is 1.15. The van der Waals surface area contributed by atoms with Crippen LogP contribution in [0.25, 0.3) is 0 Å². The van der Waals surface area contributed by atoms with Gasteiger partial charge < -0.3 is 4.74 Å². The number of nitrogens with one attached hydrogen (secondary N) is 1. The molecule has 1 rings (SSSR count). The van der Waals surface area contributed by atoms with E-state index in [1.807, 2.05) is 31.2 Å². The maximum atomic E-state index is 8.41. The molecule has 1 aromatic rings. The van der Waals surface area contributed by atoms with E-state index in [2.05, 4.69) is 11.4 Å². The van der Waals surface area contributed by atoms with Crippen molar-refractivity contribution in [1.29, 1.82) is 5.26 Å². The van der Waals surface area contributed by atoms with E-state index in [1.54, 1.807) is 7.11 Å². The molecule has 1 N–H and O–H groups in total. The monoisotopic (exact) mass is 190 g/mol. The maximum absolute atomic E-state index is 8.41. The van der Waals surface area contributed by atoms with Crippen LogP contribution in [0.3, 0.4) is 0 Å². The summed E-state index contributed by atoms with van der Waals surface area (Å²) >= 11 is 0. The minimum atomic E-state index is 0.195. The van der Waals surface area contributed by atoms with Gasteiger partial charge in [0.15, 0.2) is 0 Å². The van der Waals surface area contributed by atoms with Gasteiger partial charge in [-0.05, 0) is 24.6 Å². The van der Waals surface area contributed by atoms with Crippen molar-refractivity contribution in [3.05, 3.63) is 29.8 Å². The van der Waals surface area contributed by atoms with Crippen molar-refractivity contribution in [1.82, 2.24) is 5.32 Å². The van der Waals surface area contributed by atoms with Gasteiger partial charge in [-0.1, -0.05) is 12.1 Å². The van der Waals surface area contributed by atoms with Crippen LogP contribution in [0.4, 0.5) is 0 Å². The highest BCUT2D eigenvalue weighted by Gasteiger charge is 2.03. The Morgan fingerprint density at radius 3 is 2.57 bits per heavy atom. The Morgan fingerprint density at radius 1 is 1.43 bits per heavy atom. The molecule has 14 heavy (non-hydrogen) atoms. The van der Waals surface area contributed by atoms with Crippen LogP contribution in [0.5, 0.6) is 5.75 Å². The molecule has 0 spiro atoms. The zero-order chi connectivity index (χ0) is 10.4. The Bertz CT molecular complexity index is 313. The summed E-state index contributed by atoms with van der Waals surface area (Å²) in [5, 5.41) is 11.5. The van der Waals surface area contributed by atoms with E-state index < -0.39 is 0 Å². The van der Waals surface area contributed by atoms with E-state index in [0.717, 1.165) is 11.3 Å². The molecule has 0 saturated heterocycles. The van der Waals surface area contributed by atoms with Crippen LogP contribution in [0.2, 0.25) is 0 Å². The molecule has 0 heterocycles. The highest BCUT2D eigenvalue weighted by molar-refractivity contribution is 5.28. The van der Waals surface area contributed by atoms with Crippen LogP contribution >= 0.6 is 0 Å². The van der Waals surface area contributed by atoms with Gasteiger partial charge in [-0.3, -0.25) is 5.32 Å². The van der Waals surface area contributed by atoms with Crippen molar-refractivity contribution in [3.63, 3.8) is 0 Å². The zero-order valence-corrected chi connectivity index (χ0v) is 8.45. The number of nitrogens with zero attached hydrogens (tertiary/aromatic N) is 1. The SMILES string of the molecule is COc1ccc([C@@H](C)NCC#N)cc1. The predicted molar refractivity (Wildman–Crippen MR) is 55.0 cm³/mol. The van der Waals surface area contributed by atoms with Crippen LogP contribution in [0, 0.1) is 11.3 Å². The van der Waals surface area contributed by atoms with Crippen molar-refractivity contribution in [3.8, 4) is 11.8 Å². The first kappa shape index (κ1) is 10.6. The average molecular weight is 190 g/mol. The van der Waals surface area contributed by atoms with Crippen LogP contribution in [-0.2, 0) is 0 Å². The number of methoxy groups -OCH3 is 1. The van der Waals surface area contributed by atoms with Crippen LogP contribution in [0.1, 0.15) is 18.5 Å². The number of hydrogen-bond acceptors (Lipinski definition) is 3. The molecule has 74 valence electrons. The molecule has 0 aliphatic carbocycles. The largest absolute Gasteiger partial charge is 0.497 e. The second-order valence-corrected chi connectivity index (χ2v) is 3.03. The normalized spacial score (nSPS) is 11.8. The molecule has 3 heteroatoms. The minimum Gasteiger partial charge on any atom is -0.497 e. The van der Waals surface area contributed by atoms with Gasteiger partial charge in [0.05, 0.1) is 19.7 Å². The van der Waals surface area contributed by atoms with Crippen LogP contribution in [-0.4, -0.2) is 13.7 Å². The van der Waals surface area contributed by atoms with Gasteiger partial charge >= 0.3 is 0 Å². The molecule has 0 amide bonds. The molecule has 1 atom stereocenters. The molecule has 0 aromatic heterocycles. The standard InChI is InChI=1S/C11H14N2O/c1-9(13-8-7-12)10-3-5-11(14-2)6-4-10/h3-6,9,13H,8H2,1-2H3/t9-/m1/s1. The third-order valence-corrected chi connectivity index (χ3v) is 2.10. The van der Waals surface area contributed by atoms with Gasteiger partial charge in [0.1, 0.15) is 5.75 Å². The average Bonchev–Trinajstić information content (AvgIpc) is 2.26. The number of rotatable bonds is 4. The lowest BCUT2D eigenvalue weighted by molar-refractivity contribution is 0.414. The topological polar surface area (TPSA) is 45.0 Å². The van der Waals surface area contributed by atoms with Crippen molar-refractivity contribution in [2.24, 2.45) is 0 Å². The second kappa shape index (κ2) is 5.25. The van der Waals surface area contributed by atoms with Crippen molar-refractivity contribution >= 4 is 0 Å². The van der Waals surface area contributed by atoms with Gasteiger partial charge in [-0.2, -0.15) is 5.26 Å². The molecule has 0 radical (unpaired) electrons. The van der Waals surface area contributed by atoms with Gasteiger partial charge in [-0.25, -0.2) is 0 Å². The number of hydrogen-bond donors (Lipinski definition) is 1. The summed E-state index contributed by atoms with van der Waals surface area (Å²) in [6.07, 6.45) is 0. The second-order valence-electron chi connectivity index (χ2n) is 3.03. The summed E-state index contributed by atoms with van der Waals surface area (Å²) < 4.78 is 5.06. The highest BCUT2D eigenvalue weighted by Crippen LogP contribution is 2.16. The van der Waals surface area contributed by atoms with E-state index in [1.165, 1.54) is 0 Å². The quantitative estimate of drug-likeness (QED) is 0.737. The predicted octanol–water partition coefficient (Wildman–Crippen LogP) is 1.87. The Hall–Kier alpha value is -1.53. The van der Waals surface area contributed by atoms with Gasteiger partial charge in [0.25, 0.3) is 0 Å². The third kappa shape index (κ3) is 2.75. The Labute approximate surface area is 84.3 Å². The molecular formula is C11H14N2O. The van der Waals surface area contributed by atoms with E-state index in [0.29, 0.717) is 6.54 Å². The summed E-state index contributed by atoms with van der Waals surface area (Å²) in [7, 11) is 1.65. The summed E-state index contributed by atoms with van der Waals surface area (Å²) in [5.74, 6) is 0.848. The zero-order valence-electron chi connectivity index (χ0n) is 8.45. The Kier molecular flexibility index (Phi) is 3.96. The fourth-order valence-corrected chi connectivity index (χ4v) is 1.21. The Balaban J connectivity index is 2.62. The molecule has 0 aliphatic rings. The van der Waals surface area contributed by atoms with E-state index >= 15 is 0 Å². The summed E-state index contributed by atoms with van der Waals surface area (Å²) in [6, 6.07) is 10.1. The number of nitriles is 1. The molecule has 3 nitrogen and oxygen atoms in total. The highest BCUT2D eigenvalue weighted by atomic mass is 16.5. The molecule has 1 aromatic carbocycles. The molecular weight excluding hydrogens is 176 g/mol. The first-order valence-electron chi connectivity index (χ1n) is 4.52. The molecule has 0 aliphatic heterocycles. The molecule has 0 bridgehead atoms. The van der Waals surface area contributed by atoms with Crippen molar-refractivity contribution in [2.45, 2.75) is 13.0 Å². The van der Waals surface area contributed by atoms with Crippen LogP contribution in [0.15, 0.2) is 24.3 Å². The molecule has 0 saturated carbocycles. The van der Waals surface area contributed by atoms with Gasteiger partial charge in [0.2, 0.25) is 0 Å². The molecule has 0 unspecified atom stereocenters. The van der Waals surface area contributed by atoms with Crippen molar-refractivity contribution in [2.75, 3.05) is 13.7 Å². The smallest absolute Gasteiger partial charge is 0.118 e. The third-order valence-electron chi connectivity index (χ3n) is 2.10. The first-order chi connectivity index (χ1) is 6.77.